The molecule has 0 N–H and O–H groups in total. The van der Waals surface area contributed by atoms with Crippen molar-refractivity contribution < 1.29 is 18.7 Å². The lowest BCUT2D eigenvalue weighted by Crippen LogP contribution is -2.15. The molecule has 86 valence electrons. The molecule has 0 spiro atoms. The van der Waals surface area contributed by atoms with E-state index >= 15 is 0 Å². The lowest BCUT2D eigenvalue weighted by molar-refractivity contribution is 0.0420. The Kier molecular flexibility index (Phi) is 3.46. The summed E-state index contributed by atoms with van der Waals surface area (Å²) in [5.41, 5.74) is -0.00100. The molecule has 5 heteroatoms. The van der Waals surface area contributed by atoms with E-state index < -0.39 is 11.9 Å². The summed E-state index contributed by atoms with van der Waals surface area (Å²) in [7, 11) is 0. The number of carbonyl (C=O) groups excluding carboxylic acids is 1. The SMILES string of the molecule is O=C(OCC1CCOC1)c1cccc(F)n1. The zero-order chi connectivity index (χ0) is 11.4. The predicted octanol–water partition coefficient (Wildman–Crippen LogP) is 1.41. The number of aromatic nitrogens is 1. The summed E-state index contributed by atoms with van der Waals surface area (Å²) in [6, 6.07) is 4.04. The minimum Gasteiger partial charge on any atom is -0.461 e. The fraction of sp³-hybridized carbons (Fsp3) is 0.455. The fourth-order valence-electron chi connectivity index (χ4n) is 1.50. The first kappa shape index (κ1) is 11.0. The molecule has 1 fully saturated rings. The van der Waals surface area contributed by atoms with Crippen LogP contribution in [0.5, 0.6) is 0 Å². The normalized spacial score (nSPS) is 19.7. The van der Waals surface area contributed by atoms with Crippen molar-refractivity contribution in [2.24, 2.45) is 5.92 Å². The summed E-state index contributed by atoms with van der Waals surface area (Å²) in [6.45, 7) is 1.63. The van der Waals surface area contributed by atoms with Crippen LogP contribution in [0.2, 0.25) is 0 Å². The number of carbonyl (C=O) groups is 1. The minimum absolute atomic E-state index is 0.00100. The molecule has 1 aromatic heterocycles. The fourth-order valence-corrected chi connectivity index (χ4v) is 1.50. The highest BCUT2D eigenvalue weighted by Gasteiger charge is 2.18. The molecule has 1 saturated heterocycles. The molecule has 0 amide bonds. The number of rotatable bonds is 3. The van der Waals surface area contributed by atoms with Crippen LogP contribution in [0.4, 0.5) is 4.39 Å². The van der Waals surface area contributed by atoms with Gasteiger partial charge in [0, 0.05) is 12.5 Å². The van der Waals surface area contributed by atoms with E-state index in [0.29, 0.717) is 19.8 Å². The van der Waals surface area contributed by atoms with Crippen LogP contribution in [0.15, 0.2) is 18.2 Å². The van der Waals surface area contributed by atoms with E-state index in [1.807, 2.05) is 0 Å². The Bertz CT molecular complexity index is 377. The van der Waals surface area contributed by atoms with Crippen LogP contribution >= 0.6 is 0 Å². The van der Waals surface area contributed by atoms with Crippen molar-refractivity contribution >= 4 is 5.97 Å². The molecular weight excluding hydrogens is 213 g/mol. The van der Waals surface area contributed by atoms with Crippen LogP contribution in [-0.4, -0.2) is 30.8 Å². The van der Waals surface area contributed by atoms with E-state index in [1.165, 1.54) is 18.2 Å². The van der Waals surface area contributed by atoms with Gasteiger partial charge in [0.1, 0.15) is 0 Å². The Balaban J connectivity index is 1.87. The largest absolute Gasteiger partial charge is 0.461 e. The first-order chi connectivity index (χ1) is 7.75. The topological polar surface area (TPSA) is 48.4 Å². The highest BCUT2D eigenvalue weighted by molar-refractivity contribution is 5.87. The van der Waals surface area contributed by atoms with Crippen LogP contribution in [0, 0.1) is 11.9 Å². The Labute approximate surface area is 92.4 Å². The molecule has 1 aromatic rings. The van der Waals surface area contributed by atoms with Gasteiger partial charge >= 0.3 is 5.97 Å². The van der Waals surface area contributed by atoms with Crippen molar-refractivity contribution in [2.75, 3.05) is 19.8 Å². The Morgan fingerprint density at radius 1 is 1.62 bits per heavy atom. The molecule has 16 heavy (non-hydrogen) atoms. The number of pyridine rings is 1. The molecule has 0 bridgehead atoms. The summed E-state index contributed by atoms with van der Waals surface area (Å²) >= 11 is 0. The van der Waals surface area contributed by atoms with Crippen molar-refractivity contribution in [3.05, 3.63) is 29.8 Å². The van der Waals surface area contributed by atoms with Gasteiger partial charge in [-0.3, -0.25) is 0 Å². The van der Waals surface area contributed by atoms with Crippen molar-refractivity contribution in [1.29, 1.82) is 0 Å². The zero-order valence-electron chi connectivity index (χ0n) is 8.69. The van der Waals surface area contributed by atoms with Crippen LogP contribution in [0.1, 0.15) is 16.9 Å². The molecule has 4 nitrogen and oxygen atoms in total. The molecule has 0 aromatic carbocycles. The van der Waals surface area contributed by atoms with Crippen LogP contribution in [-0.2, 0) is 9.47 Å². The molecule has 1 aliphatic heterocycles. The molecule has 1 atom stereocenters. The third kappa shape index (κ3) is 2.76. The van der Waals surface area contributed by atoms with Gasteiger partial charge in [-0.15, -0.1) is 0 Å². The number of esters is 1. The van der Waals surface area contributed by atoms with Crippen molar-refractivity contribution in [2.45, 2.75) is 6.42 Å². The van der Waals surface area contributed by atoms with E-state index in [9.17, 15) is 9.18 Å². The lowest BCUT2D eigenvalue weighted by Gasteiger charge is -2.08. The molecular formula is C11H12FNO3. The predicted molar refractivity (Wildman–Crippen MR) is 53.4 cm³/mol. The summed E-state index contributed by atoms with van der Waals surface area (Å²) in [6.07, 6.45) is 0.893. The van der Waals surface area contributed by atoms with Gasteiger partial charge in [0.2, 0.25) is 5.95 Å². The Morgan fingerprint density at radius 2 is 2.50 bits per heavy atom. The van der Waals surface area contributed by atoms with Gasteiger partial charge in [0.25, 0.3) is 0 Å². The average molecular weight is 225 g/mol. The van der Waals surface area contributed by atoms with Gasteiger partial charge in [-0.25, -0.2) is 9.78 Å². The number of nitrogens with zero attached hydrogens (tertiary/aromatic N) is 1. The van der Waals surface area contributed by atoms with Crippen molar-refractivity contribution in [3.63, 3.8) is 0 Å². The zero-order valence-corrected chi connectivity index (χ0v) is 8.69. The summed E-state index contributed by atoms with van der Waals surface area (Å²) in [5.74, 6) is -1.03. The van der Waals surface area contributed by atoms with Crippen LogP contribution in [0.25, 0.3) is 0 Å². The van der Waals surface area contributed by atoms with Gasteiger partial charge in [0.05, 0.1) is 13.2 Å². The lowest BCUT2D eigenvalue weighted by atomic mass is 10.1. The van der Waals surface area contributed by atoms with Gasteiger partial charge in [-0.05, 0) is 18.6 Å². The molecule has 0 saturated carbocycles. The van der Waals surface area contributed by atoms with E-state index in [0.717, 1.165) is 6.42 Å². The van der Waals surface area contributed by atoms with Crippen LogP contribution < -0.4 is 0 Å². The highest BCUT2D eigenvalue weighted by Crippen LogP contribution is 2.13. The average Bonchev–Trinajstić information content (AvgIpc) is 2.78. The third-order valence-corrected chi connectivity index (χ3v) is 2.40. The quantitative estimate of drug-likeness (QED) is 0.576. The highest BCUT2D eigenvalue weighted by atomic mass is 19.1. The van der Waals surface area contributed by atoms with Gasteiger partial charge in [-0.1, -0.05) is 6.07 Å². The smallest absolute Gasteiger partial charge is 0.357 e. The first-order valence-corrected chi connectivity index (χ1v) is 5.13. The molecule has 0 aliphatic carbocycles. The summed E-state index contributed by atoms with van der Waals surface area (Å²) < 4.78 is 22.9. The van der Waals surface area contributed by atoms with Gasteiger partial charge in [-0.2, -0.15) is 4.39 Å². The monoisotopic (exact) mass is 225 g/mol. The second-order valence-electron chi connectivity index (χ2n) is 3.67. The molecule has 2 heterocycles. The Morgan fingerprint density at radius 3 is 3.19 bits per heavy atom. The molecule has 1 unspecified atom stereocenters. The standard InChI is InChI=1S/C11H12FNO3/c12-10-3-1-2-9(13-10)11(14)16-7-8-4-5-15-6-8/h1-3,8H,4-7H2. The van der Waals surface area contributed by atoms with Crippen molar-refractivity contribution in [3.8, 4) is 0 Å². The Hall–Kier alpha value is -1.49. The van der Waals surface area contributed by atoms with Gasteiger partial charge in [0.15, 0.2) is 5.69 Å². The van der Waals surface area contributed by atoms with Gasteiger partial charge < -0.3 is 9.47 Å². The number of halogens is 1. The maximum atomic E-state index is 12.7. The summed E-state index contributed by atoms with van der Waals surface area (Å²) in [5, 5.41) is 0. The molecule has 0 radical (unpaired) electrons. The van der Waals surface area contributed by atoms with E-state index in [1.54, 1.807) is 0 Å². The molecule has 1 aliphatic rings. The van der Waals surface area contributed by atoms with E-state index in [4.69, 9.17) is 9.47 Å². The first-order valence-electron chi connectivity index (χ1n) is 5.13. The summed E-state index contributed by atoms with van der Waals surface area (Å²) in [4.78, 5) is 14.9. The maximum Gasteiger partial charge on any atom is 0.357 e. The number of hydrogen-bond acceptors (Lipinski definition) is 4. The minimum atomic E-state index is -0.682. The van der Waals surface area contributed by atoms with E-state index in [-0.39, 0.29) is 11.6 Å². The van der Waals surface area contributed by atoms with E-state index in [2.05, 4.69) is 4.98 Å². The van der Waals surface area contributed by atoms with Crippen LogP contribution in [0.3, 0.4) is 0 Å². The van der Waals surface area contributed by atoms with Crippen molar-refractivity contribution in [1.82, 2.24) is 4.98 Å². The second-order valence-corrected chi connectivity index (χ2v) is 3.67. The maximum absolute atomic E-state index is 12.7. The molecule has 2 rings (SSSR count). The second kappa shape index (κ2) is 5.03. The number of hydrogen-bond donors (Lipinski definition) is 0. The third-order valence-electron chi connectivity index (χ3n) is 2.40. The number of ether oxygens (including phenoxy) is 2.